The second-order valence-electron chi connectivity index (χ2n) is 9.84. The molecule has 186 valence electrons. The highest BCUT2D eigenvalue weighted by atomic mass is 19.3. The minimum atomic E-state index is -3.31. The number of alkyl halides is 2. The SMILES string of the molecule is C1CCCC1.CCCCC(F)(F)[C@@]1(O)CC[C@H]2[C@@H](CC(=O)[C@@H]2CCCCCCC(=O)O)O1. The molecule has 7 heteroatoms. The van der Waals surface area contributed by atoms with Crippen LogP contribution in [-0.4, -0.2) is 39.8 Å². The lowest BCUT2D eigenvalue weighted by molar-refractivity contribution is -0.356. The maximum absolute atomic E-state index is 14.4. The lowest BCUT2D eigenvalue weighted by Gasteiger charge is -2.43. The molecule has 0 spiro atoms. The third-order valence-electron chi connectivity index (χ3n) is 7.29. The molecule has 1 heterocycles. The average molecular weight is 461 g/mol. The number of aliphatic carboxylic acids is 1. The Kier molecular flexibility index (Phi) is 11.0. The maximum Gasteiger partial charge on any atom is 0.303 e. The molecule has 0 radical (unpaired) electrons. The zero-order valence-electron chi connectivity index (χ0n) is 19.6. The van der Waals surface area contributed by atoms with Gasteiger partial charge in [-0.05, 0) is 31.6 Å². The molecule has 3 fully saturated rings. The Balaban J connectivity index is 0.000000636. The van der Waals surface area contributed by atoms with Crippen molar-refractivity contribution >= 4 is 11.8 Å². The van der Waals surface area contributed by atoms with Crippen molar-refractivity contribution in [2.45, 2.75) is 134 Å². The van der Waals surface area contributed by atoms with Crippen molar-refractivity contribution in [3.63, 3.8) is 0 Å². The van der Waals surface area contributed by atoms with Crippen LogP contribution in [0, 0.1) is 11.8 Å². The van der Waals surface area contributed by atoms with E-state index in [9.17, 15) is 23.5 Å². The van der Waals surface area contributed by atoms with E-state index < -0.39 is 30.2 Å². The minimum absolute atomic E-state index is 0.0386. The fourth-order valence-corrected chi connectivity index (χ4v) is 5.30. The number of halogens is 2. The summed E-state index contributed by atoms with van der Waals surface area (Å²) in [4.78, 5) is 22.8. The monoisotopic (exact) mass is 460 g/mol. The molecule has 3 aliphatic rings. The molecule has 0 amide bonds. The van der Waals surface area contributed by atoms with Crippen molar-refractivity contribution < 1.29 is 33.3 Å². The Labute approximate surface area is 191 Å². The van der Waals surface area contributed by atoms with Crippen LogP contribution in [0.4, 0.5) is 8.78 Å². The van der Waals surface area contributed by atoms with E-state index in [0.29, 0.717) is 32.1 Å². The van der Waals surface area contributed by atoms with Gasteiger partial charge in [0.05, 0.1) is 6.10 Å². The van der Waals surface area contributed by atoms with E-state index in [4.69, 9.17) is 9.84 Å². The molecule has 1 saturated heterocycles. The Bertz CT molecular complexity index is 585. The number of rotatable bonds is 11. The number of carboxylic acids is 1. The smallest absolute Gasteiger partial charge is 0.303 e. The summed E-state index contributed by atoms with van der Waals surface area (Å²) in [7, 11) is 0. The number of hydrogen-bond donors (Lipinski definition) is 2. The van der Waals surface area contributed by atoms with Crippen molar-refractivity contribution in [2.75, 3.05) is 0 Å². The number of aliphatic hydroxyl groups is 1. The number of carbonyl (C=O) groups is 2. The van der Waals surface area contributed by atoms with Gasteiger partial charge >= 0.3 is 11.9 Å². The van der Waals surface area contributed by atoms with Crippen LogP contribution in [0.25, 0.3) is 0 Å². The van der Waals surface area contributed by atoms with Gasteiger partial charge in [-0.25, -0.2) is 8.78 Å². The molecule has 0 aromatic rings. The summed E-state index contributed by atoms with van der Waals surface area (Å²) in [5.41, 5.74) is 0. The molecule has 2 N–H and O–H groups in total. The quantitative estimate of drug-likeness (QED) is 0.356. The molecule has 0 aromatic heterocycles. The van der Waals surface area contributed by atoms with Gasteiger partial charge in [-0.1, -0.05) is 64.7 Å². The van der Waals surface area contributed by atoms with Crippen molar-refractivity contribution in [1.82, 2.24) is 0 Å². The van der Waals surface area contributed by atoms with Crippen molar-refractivity contribution in [2.24, 2.45) is 11.8 Å². The largest absolute Gasteiger partial charge is 0.481 e. The lowest BCUT2D eigenvalue weighted by atomic mass is 9.81. The summed E-state index contributed by atoms with van der Waals surface area (Å²) in [5.74, 6) is -6.82. The molecule has 2 aliphatic carbocycles. The van der Waals surface area contributed by atoms with E-state index in [1.165, 1.54) is 32.1 Å². The van der Waals surface area contributed by atoms with Crippen molar-refractivity contribution in [3.8, 4) is 0 Å². The van der Waals surface area contributed by atoms with Crippen LogP contribution in [0.15, 0.2) is 0 Å². The van der Waals surface area contributed by atoms with Crippen molar-refractivity contribution in [3.05, 3.63) is 0 Å². The third kappa shape index (κ3) is 7.75. The lowest BCUT2D eigenvalue weighted by Crippen LogP contribution is -2.55. The van der Waals surface area contributed by atoms with Crippen LogP contribution in [0.1, 0.15) is 116 Å². The predicted molar refractivity (Wildman–Crippen MR) is 119 cm³/mol. The Hall–Kier alpha value is -1.08. The molecular weight excluding hydrogens is 418 g/mol. The highest BCUT2D eigenvalue weighted by Gasteiger charge is 2.59. The first-order valence-corrected chi connectivity index (χ1v) is 12.7. The summed E-state index contributed by atoms with van der Waals surface area (Å²) in [6, 6.07) is 0. The first-order chi connectivity index (χ1) is 15.2. The number of ketones is 1. The van der Waals surface area contributed by atoms with Gasteiger partial charge in [0.25, 0.3) is 0 Å². The number of fused-ring (bicyclic) bond motifs is 1. The molecule has 0 aromatic carbocycles. The summed E-state index contributed by atoms with van der Waals surface area (Å²) >= 11 is 0. The predicted octanol–water partition coefficient (Wildman–Crippen LogP) is 6.26. The van der Waals surface area contributed by atoms with Crippen LogP contribution >= 0.6 is 0 Å². The van der Waals surface area contributed by atoms with E-state index in [2.05, 4.69) is 0 Å². The number of carboxylic acid groups (broad SMARTS) is 1. The number of carbonyl (C=O) groups excluding carboxylic acids is 1. The second kappa shape index (κ2) is 13.0. The highest BCUT2D eigenvalue weighted by molar-refractivity contribution is 5.84. The minimum Gasteiger partial charge on any atom is -0.481 e. The van der Waals surface area contributed by atoms with Gasteiger partial charge < -0.3 is 14.9 Å². The molecule has 0 unspecified atom stereocenters. The van der Waals surface area contributed by atoms with Crippen LogP contribution in [0.5, 0.6) is 0 Å². The van der Waals surface area contributed by atoms with E-state index in [0.717, 1.165) is 19.3 Å². The molecule has 32 heavy (non-hydrogen) atoms. The van der Waals surface area contributed by atoms with E-state index >= 15 is 0 Å². The summed E-state index contributed by atoms with van der Waals surface area (Å²) in [6.45, 7) is 1.82. The third-order valence-corrected chi connectivity index (χ3v) is 7.29. The number of Topliss-reactive ketones (excluding diaryl/α,β-unsaturated/α-hetero) is 1. The Morgan fingerprint density at radius 2 is 1.72 bits per heavy atom. The van der Waals surface area contributed by atoms with E-state index in [-0.39, 0.29) is 36.9 Å². The second-order valence-corrected chi connectivity index (χ2v) is 9.84. The molecule has 1 aliphatic heterocycles. The molecule has 0 bridgehead atoms. The highest BCUT2D eigenvalue weighted by Crippen LogP contribution is 2.49. The Morgan fingerprint density at radius 1 is 1.09 bits per heavy atom. The van der Waals surface area contributed by atoms with E-state index in [1.54, 1.807) is 0 Å². The van der Waals surface area contributed by atoms with Gasteiger partial charge in [0.15, 0.2) is 0 Å². The van der Waals surface area contributed by atoms with E-state index in [1.807, 2.05) is 6.92 Å². The fraction of sp³-hybridized carbons (Fsp3) is 0.920. The van der Waals surface area contributed by atoms with Crippen LogP contribution in [0.2, 0.25) is 0 Å². The van der Waals surface area contributed by atoms with Crippen molar-refractivity contribution in [1.29, 1.82) is 0 Å². The maximum atomic E-state index is 14.4. The number of hydrogen-bond acceptors (Lipinski definition) is 4. The summed E-state index contributed by atoms with van der Waals surface area (Å²) in [6.07, 6.45) is 11.7. The average Bonchev–Trinajstić information content (AvgIpc) is 3.40. The summed E-state index contributed by atoms with van der Waals surface area (Å²) in [5, 5.41) is 19.1. The molecule has 2 saturated carbocycles. The topological polar surface area (TPSA) is 83.8 Å². The normalized spacial score (nSPS) is 30.0. The van der Waals surface area contributed by atoms with Crippen LogP contribution < -0.4 is 0 Å². The van der Waals surface area contributed by atoms with Gasteiger partial charge in [-0.2, -0.15) is 0 Å². The zero-order chi connectivity index (χ0) is 23.6. The first-order valence-electron chi connectivity index (χ1n) is 12.7. The van der Waals surface area contributed by atoms with Gasteiger partial charge in [0.1, 0.15) is 5.78 Å². The first kappa shape index (κ1) is 27.2. The zero-order valence-corrected chi connectivity index (χ0v) is 19.6. The molecule has 4 atom stereocenters. The molecule has 5 nitrogen and oxygen atoms in total. The Morgan fingerprint density at radius 3 is 2.31 bits per heavy atom. The number of unbranched alkanes of at least 4 members (excludes halogenated alkanes) is 4. The standard InChI is InChI=1S/C20H32F2O5.C5H10/c1-2-3-11-19(21,22)20(26)12-10-15-14(16(23)13-17(15)27-20)8-6-4-5-7-9-18(24)25;1-2-4-5-3-1/h14-15,17,26H,2-13H2,1H3,(H,24,25);1-5H2/t14-,15-,17-,20-;/m1./s1. The number of ether oxygens (including phenoxy) is 1. The molecular formula is C25H42F2O5. The van der Waals surface area contributed by atoms with Crippen LogP contribution in [0.3, 0.4) is 0 Å². The molecule has 3 rings (SSSR count). The fourth-order valence-electron chi connectivity index (χ4n) is 5.30. The van der Waals surface area contributed by atoms with Crippen LogP contribution in [-0.2, 0) is 14.3 Å². The van der Waals surface area contributed by atoms with Gasteiger partial charge in [-0.15, -0.1) is 0 Å². The van der Waals surface area contributed by atoms with Gasteiger partial charge in [-0.3, -0.25) is 9.59 Å². The van der Waals surface area contributed by atoms with Gasteiger partial charge in [0.2, 0.25) is 5.79 Å². The summed E-state index contributed by atoms with van der Waals surface area (Å²) < 4.78 is 34.3. The van der Waals surface area contributed by atoms with Gasteiger partial charge in [0, 0.05) is 31.6 Å².